The molecule has 0 aliphatic heterocycles. The normalized spacial score (nSPS) is 8.25. The van der Waals surface area contributed by atoms with Gasteiger partial charge in [0.2, 0.25) is 0 Å². The molecule has 0 atom stereocenters. The minimum atomic E-state index is -1.08. The fraction of sp³-hybridized carbons (Fsp3) is 0.667. The van der Waals surface area contributed by atoms with Gasteiger partial charge in [-0.1, -0.05) is 0 Å². The molecule has 0 aromatic heterocycles. The van der Waals surface area contributed by atoms with Crippen molar-refractivity contribution in [2.24, 2.45) is 5.73 Å². The zero-order valence-corrected chi connectivity index (χ0v) is 9.12. The Bertz CT molecular complexity index is 124. The molecule has 0 amide bonds. The third-order valence-electron chi connectivity index (χ3n) is 0.841. The third-order valence-corrected chi connectivity index (χ3v) is 1.42. The van der Waals surface area contributed by atoms with Crippen molar-refractivity contribution in [1.82, 2.24) is 0 Å². The standard InChI is InChI=1S/C4H6O4.C2H6N.Na/c5-3(6)1-2-4(7)8;1-2-3;/h1-2H2,(H,5,6)(H,7,8);1-3H2;. The second-order valence-corrected chi connectivity index (χ2v) is 3.08. The van der Waals surface area contributed by atoms with Crippen LogP contribution in [0.2, 0.25) is 3.67 Å². The van der Waals surface area contributed by atoms with Crippen molar-refractivity contribution in [1.29, 1.82) is 0 Å². The summed E-state index contributed by atoms with van der Waals surface area (Å²) in [6.45, 7) is 0.881. The topological polar surface area (TPSA) is 101 Å². The van der Waals surface area contributed by atoms with Crippen LogP contribution in [0.4, 0.5) is 0 Å². The van der Waals surface area contributed by atoms with Gasteiger partial charge < -0.3 is 10.2 Å². The van der Waals surface area contributed by atoms with Crippen LogP contribution in [-0.4, -0.2) is 56.6 Å². The van der Waals surface area contributed by atoms with E-state index >= 15 is 0 Å². The number of hydrogen-bond donors (Lipinski definition) is 3. The van der Waals surface area contributed by atoms with Crippen LogP contribution in [0.25, 0.3) is 0 Å². The summed E-state index contributed by atoms with van der Waals surface area (Å²) >= 11 is 1.26. The maximum atomic E-state index is 9.64. The van der Waals surface area contributed by atoms with Crippen molar-refractivity contribution in [3.8, 4) is 0 Å². The largest absolute Gasteiger partial charge is 0.481 e. The fourth-order valence-electron chi connectivity index (χ4n) is 0.214. The Morgan fingerprint density at radius 3 is 1.50 bits per heavy atom. The Hall–Kier alpha value is -0.100. The van der Waals surface area contributed by atoms with Crippen molar-refractivity contribution < 1.29 is 19.8 Å². The van der Waals surface area contributed by atoms with Crippen LogP contribution in [0.5, 0.6) is 0 Å². The van der Waals surface area contributed by atoms with E-state index in [0.29, 0.717) is 0 Å². The number of nitrogens with two attached hydrogens (primary N) is 1. The maximum Gasteiger partial charge on any atom is 0.303 e. The molecule has 0 aliphatic rings. The smallest absolute Gasteiger partial charge is 0.303 e. The molecule has 0 spiro atoms. The summed E-state index contributed by atoms with van der Waals surface area (Å²) in [6, 6.07) is 0. The molecule has 66 valence electrons. The summed E-state index contributed by atoms with van der Waals surface area (Å²) in [4.78, 5) is 19.3. The van der Waals surface area contributed by atoms with Gasteiger partial charge in [0.05, 0.1) is 12.8 Å². The summed E-state index contributed by atoms with van der Waals surface area (Å²) < 4.78 is 1.24. The predicted molar refractivity (Wildman–Crippen MR) is 44.1 cm³/mol. The van der Waals surface area contributed by atoms with Crippen molar-refractivity contribution >= 4 is 39.9 Å². The van der Waals surface area contributed by atoms with Gasteiger partial charge in [0.1, 0.15) is 0 Å². The molecule has 0 aliphatic carbocycles. The Balaban J connectivity index is 0. The first-order valence-corrected chi connectivity index (χ1v) is 5.09. The average molecular weight is 185 g/mol. The molecular weight excluding hydrogens is 173 g/mol. The minimum absolute atomic E-state index is 0.296. The number of rotatable bonds is 4. The van der Waals surface area contributed by atoms with E-state index in [1.54, 1.807) is 0 Å². The molecule has 0 fully saturated rings. The van der Waals surface area contributed by atoms with Crippen molar-refractivity contribution in [2.75, 3.05) is 6.54 Å². The van der Waals surface area contributed by atoms with Crippen molar-refractivity contribution in [3.63, 3.8) is 0 Å². The summed E-state index contributed by atoms with van der Waals surface area (Å²) in [7, 11) is 0. The molecule has 0 aromatic carbocycles. The van der Waals surface area contributed by atoms with E-state index in [-0.39, 0.29) is 12.8 Å². The minimum Gasteiger partial charge on any atom is -0.481 e. The quantitative estimate of drug-likeness (QED) is 0.511. The first-order chi connectivity index (χ1) is 5.54. The SMILES string of the molecule is NC[CH2][Na].O=C(O)CCC(=O)O. The zero-order chi connectivity index (χ0) is 9.98. The molecule has 0 saturated carbocycles. The van der Waals surface area contributed by atoms with Gasteiger partial charge in [-0.3, -0.25) is 9.59 Å². The number of aliphatic carboxylic acids is 2. The van der Waals surface area contributed by atoms with Crippen LogP contribution >= 0.6 is 0 Å². The molecule has 0 saturated heterocycles. The molecule has 0 bridgehead atoms. The van der Waals surface area contributed by atoms with Gasteiger partial charge in [-0.25, -0.2) is 0 Å². The summed E-state index contributed by atoms with van der Waals surface area (Å²) in [5.41, 5.74) is 5.06. The van der Waals surface area contributed by atoms with Crippen molar-refractivity contribution in [3.05, 3.63) is 0 Å². The average Bonchev–Trinajstić information content (AvgIpc) is 2.01. The van der Waals surface area contributed by atoms with Gasteiger partial charge >= 0.3 is 55.8 Å². The number of carbonyl (C=O) groups is 2. The molecule has 0 heterocycles. The van der Waals surface area contributed by atoms with Crippen molar-refractivity contribution in [2.45, 2.75) is 16.5 Å². The number of hydrogen-bond acceptors (Lipinski definition) is 3. The van der Waals surface area contributed by atoms with Crippen LogP contribution in [-0.2, 0) is 9.59 Å². The summed E-state index contributed by atoms with van der Waals surface area (Å²) in [5.74, 6) is -2.15. The van der Waals surface area contributed by atoms with E-state index in [4.69, 9.17) is 15.9 Å². The number of carboxylic acid groups (broad SMARTS) is 2. The van der Waals surface area contributed by atoms with Crippen LogP contribution in [0, 0.1) is 0 Å². The van der Waals surface area contributed by atoms with E-state index in [1.807, 2.05) is 0 Å². The first kappa shape index (κ1) is 14.4. The van der Waals surface area contributed by atoms with E-state index in [1.165, 1.54) is 31.6 Å². The molecule has 0 unspecified atom stereocenters. The molecular formula is C6H12NNaO4. The molecule has 5 nitrogen and oxygen atoms in total. The van der Waals surface area contributed by atoms with Gasteiger partial charge in [0.25, 0.3) is 0 Å². The molecule has 0 radical (unpaired) electrons. The van der Waals surface area contributed by atoms with Crippen LogP contribution in [0.3, 0.4) is 0 Å². The van der Waals surface area contributed by atoms with E-state index < -0.39 is 11.9 Å². The summed E-state index contributed by atoms with van der Waals surface area (Å²) in [6.07, 6.45) is -0.593. The van der Waals surface area contributed by atoms with Crippen LogP contribution in [0.1, 0.15) is 12.8 Å². The zero-order valence-electron chi connectivity index (χ0n) is 7.12. The monoisotopic (exact) mass is 185 g/mol. The first-order valence-electron chi connectivity index (χ1n) is 3.68. The Morgan fingerprint density at radius 1 is 1.17 bits per heavy atom. The van der Waals surface area contributed by atoms with Gasteiger partial charge in [-0.2, -0.15) is 0 Å². The second kappa shape index (κ2) is 10.9. The van der Waals surface area contributed by atoms with E-state index in [2.05, 4.69) is 0 Å². The van der Waals surface area contributed by atoms with Crippen LogP contribution < -0.4 is 5.73 Å². The predicted octanol–water partition coefficient (Wildman–Crippen LogP) is -0.532. The molecule has 12 heavy (non-hydrogen) atoms. The molecule has 4 N–H and O–H groups in total. The number of carboxylic acids is 2. The Kier molecular flexibility index (Phi) is 13.1. The Morgan fingerprint density at radius 2 is 1.42 bits per heavy atom. The fourth-order valence-corrected chi connectivity index (χ4v) is 0.214. The van der Waals surface area contributed by atoms with Gasteiger partial charge in [-0.05, 0) is 0 Å². The van der Waals surface area contributed by atoms with Gasteiger partial charge in [0.15, 0.2) is 0 Å². The van der Waals surface area contributed by atoms with Crippen LogP contribution in [0.15, 0.2) is 0 Å². The Labute approximate surface area is 88.4 Å². The molecule has 0 rings (SSSR count). The van der Waals surface area contributed by atoms with Gasteiger partial charge in [0, 0.05) is 0 Å². The maximum absolute atomic E-state index is 9.64. The molecule has 0 aromatic rings. The van der Waals surface area contributed by atoms with E-state index in [0.717, 1.165) is 6.54 Å². The molecule has 6 heteroatoms. The van der Waals surface area contributed by atoms with E-state index in [9.17, 15) is 9.59 Å². The summed E-state index contributed by atoms with van der Waals surface area (Å²) in [5, 5.41) is 15.8. The second-order valence-electron chi connectivity index (χ2n) is 2.08. The van der Waals surface area contributed by atoms with Gasteiger partial charge in [-0.15, -0.1) is 0 Å². The third kappa shape index (κ3) is 22.5.